The first kappa shape index (κ1) is 37.3. The third-order valence-electron chi connectivity index (χ3n) is 7.74. The quantitative estimate of drug-likeness (QED) is 0.154. The SMILES string of the molecule is O=S(=O)([O-])CC(F)(F)F.c1cc([S+](c2ccc(OC3CCCCO3)cc2)c2ccc(OC3CCCCO3)cc2)ccc1OC1CCCCO1. The molecular weight excluding hydrogens is 686 g/mol. The van der Waals surface area contributed by atoms with Gasteiger partial charge in [-0.2, -0.15) is 13.2 Å². The molecule has 6 rings (SSSR count). The van der Waals surface area contributed by atoms with Gasteiger partial charge in [0.05, 0.1) is 30.7 Å². The Kier molecular flexibility index (Phi) is 13.5. The van der Waals surface area contributed by atoms with Crippen LogP contribution in [-0.2, 0) is 35.2 Å². The number of halogens is 3. The zero-order valence-electron chi connectivity index (χ0n) is 27.0. The number of hydrogen-bond donors (Lipinski definition) is 0. The van der Waals surface area contributed by atoms with Crippen LogP contribution in [0.1, 0.15) is 57.8 Å². The van der Waals surface area contributed by atoms with Crippen molar-refractivity contribution >= 4 is 21.0 Å². The molecule has 3 aromatic carbocycles. The second-order valence-electron chi connectivity index (χ2n) is 11.8. The van der Waals surface area contributed by atoms with Crippen molar-refractivity contribution in [1.29, 1.82) is 0 Å². The maximum atomic E-state index is 11.0. The number of ether oxygens (including phenoxy) is 6. The van der Waals surface area contributed by atoms with Crippen LogP contribution < -0.4 is 14.2 Å². The molecule has 3 aromatic rings. The molecule has 3 fully saturated rings. The Bertz CT molecular complexity index is 1370. The van der Waals surface area contributed by atoms with E-state index in [0.717, 1.165) is 94.9 Å². The third-order valence-corrected chi connectivity index (χ3v) is 10.6. The van der Waals surface area contributed by atoms with Crippen molar-refractivity contribution in [3.05, 3.63) is 72.8 Å². The van der Waals surface area contributed by atoms with Gasteiger partial charge in [0.1, 0.15) is 33.1 Å². The molecule has 49 heavy (non-hydrogen) atoms. The molecule has 0 aliphatic carbocycles. The molecule has 14 heteroatoms. The average molecular weight is 727 g/mol. The minimum absolute atomic E-state index is 0.153. The predicted molar refractivity (Wildman–Crippen MR) is 175 cm³/mol. The Morgan fingerprint density at radius 2 is 0.898 bits per heavy atom. The number of rotatable bonds is 10. The van der Waals surface area contributed by atoms with Crippen LogP contribution in [0.5, 0.6) is 17.2 Å². The van der Waals surface area contributed by atoms with Crippen molar-refractivity contribution in [3.8, 4) is 17.2 Å². The molecule has 3 heterocycles. The fourth-order valence-electron chi connectivity index (χ4n) is 5.44. The van der Waals surface area contributed by atoms with E-state index in [9.17, 15) is 26.1 Å². The van der Waals surface area contributed by atoms with Crippen LogP contribution in [0.3, 0.4) is 0 Å². The molecule has 9 nitrogen and oxygen atoms in total. The summed E-state index contributed by atoms with van der Waals surface area (Å²) < 4.78 is 96.6. The van der Waals surface area contributed by atoms with Gasteiger partial charge in [-0.05, 0) is 111 Å². The summed E-state index contributed by atoms with van der Waals surface area (Å²) in [7, 11) is -5.48. The van der Waals surface area contributed by atoms with Crippen LogP contribution in [0.15, 0.2) is 87.5 Å². The Morgan fingerprint density at radius 1 is 0.592 bits per heavy atom. The van der Waals surface area contributed by atoms with Gasteiger partial charge < -0.3 is 33.0 Å². The van der Waals surface area contributed by atoms with Gasteiger partial charge in [0.25, 0.3) is 0 Å². The molecule has 3 aliphatic heterocycles. The van der Waals surface area contributed by atoms with Gasteiger partial charge in [0, 0.05) is 19.3 Å². The van der Waals surface area contributed by atoms with Crippen molar-refractivity contribution in [2.45, 2.75) is 97.5 Å². The minimum Gasteiger partial charge on any atom is -0.748 e. The highest BCUT2D eigenvalue weighted by atomic mass is 32.2. The summed E-state index contributed by atoms with van der Waals surface area (Å²) in [5, 5.41) is 0. The van der Waals surface area contributed by atoms with Gasteiger partial charge in [-0.3, -0.25) is 0 Å². The van der Waals surface area contributed by atoms with E-state index in [-0.39, 0.29) is 29.8 Å². The number of hydrogen-bond acceptors (Lipinski definition) is 9. The van der Waals surface area contributed by atoms with Gasteiger partial charge in [0.15, 0.2) is 33.6 Å². The minimum atomic E-state index is -5.16. The summed E-state index contributed by atoms with van der Waals surface area (Å²) in [4.78, 5) is 3.64. The Morgan fingerprint density at radius 3 is 1.10 bits per heavy atom. The highest BCUT2D eigenvalue weighted by Gasteiger charge is 2.31. The van der Waals surface area contributed by atoms with E-state index in [1.165, 1.54) is 14.7 Å². The first-order chi connectivity index (χ1) is 23.5. The largest absolute Gasteiger partial charge is 0.748 e. The van der Waals surface area contributed by atoms with Crippen LogP contribution in [0, 0.1) is 0 Å². The lowest BCUT2D eigenvalue weighted by molar-refractivity contribution is -0.107. The van der Waals surface area contributed by atoms with Gasteiger partial charge >= 0.3 is 6.18 Å². The molecule has 0 aromatic heterocycles. The Balaban J connectivity index is 0.000000459. The topological polar surface area (TPSA) is 113 Å². The summed E-state index contributed by atoms with van der Waals surface area (Å²) in [6.07, 6.45) is 4.19. The molecule has 3 aliphatic rings. The Labute approximate surface area is 288 Å². The number of alkyl halides is 3. The first-order valence-electron chi connectivity index (χ1n) is 16.4. The Hall–Kier alpha value is -3.01. The van der Waals surface area contributed by atoms with E-state index in [4.69, 9.17) is 28.4 Å². The summed E-state index contributed by atoms with van der Waals surface area (Å²) in [5.41, 5.74) is 0. The van der Waals surface area contributed by atoms with Crippen LogP contribution >= 0.6 is 0 Å². The molecule has 0 radical (unpaired) electrons. The first-order valence-corrected chi connectivity index (χ1v) is 19.2. The second kappa shape index (κ2) is 17.8. The van der Waals surface area contributed by atoms with E-state index in [1.807, 2.05) is 0 Å². The lowest BCUT2D eigenvalue weighted by Gasteiger charge is -2.23. The summed E-state index contributed by atoms with van der Waals surface area (Å²) >= 11 is 0. The highest BCUT2D eigenvalue weighted by Crippen LogP contribution is 2.35. The van der Waals surface area contributed by atoms with E-state index in [2.05, 4.69) is 72.8 Å². The standard InChI is InChI=1S/C33H39O6S.C2H3F3O3S/c1-4-22-34-31(7-1)37-25-10-16-28(17-11-25)40(29-18-12-26(13-19-29)38-32-8-2-5-23-35-32)30-20-14-27(15-21-30)39-33-9-3-6-24-36-33;3-2(4,5)1-9(6,7)8/h10-21,31-33H,1-9,22-24H2;1H2,(H,6,7,8)/q+1;/p-1. The molecule has 0 amide bonds. The highest BCUT2D eigenvalue weighted by molar-refractivity contribution is 7.97. The van der Waals surface area contributed by atoms with Crippen molar-refractivity contribution in [1.82, 2.24) is 0 Å². The predicted octanol–water partition coefficient (Wildman–Crippen LogP) is 7.59. The molecular formula is C35H41F3O9S2. The normalized spacial score (nSPS) is 22.2. The van der Waals surface area contributed by atoms with Crippen LogP contribution in [-0.4, -0.2) is 63.6 Å². The van der Waals surface area contributed by atoms with Gasteiger partial charge in [0.2, 0.25) is 0 Å². The average Bonchev–Trinajstić information content (AvgIpc) is 3.07. The third kappa shape index (κ3) is 12.7. The van der Waals surface area contributed by atoms with Crippen molar-refractivity contribution in [3.63, 3.8) is 0 Å². The van der Waals surface area contributed by atoms with Gasteiger partial charge in [-0.1, -0.05) is 0 Å². The van der Waals surface area contributed by atoms with E-state index in [0.29, 0.717) is 0 Å². The molecule has 3 unspecified atom stereocenters. The van der Waals surface area contributed by atoms with E-state index >= 15 is 0 Å². The summed E-state index contributed by atoms with van der Waals surface area (Å²) in [5.74, 6) is 0.227. The zero-order chi connectivity index (χ0) is 34.7. The van der Waals surface area contributed by atoms with Crippen molar-refractivity contribution in [2.24, 2.45) is 0 Å². The van der Waals surface area contributed by atoms with Crippen LogP contribution in [0.25, 0.3) is 0 Å². The van der Waals surface area contributed by atoms with Crippen LogP contribution in [0.2, 0.25) is 0 Å². The van der Waals surface area contributed by atoms with E-state index < -0.39 is 22.0 Å². The maximum Gasteiger partial charge on any atom is 0.401 e. The second-order valence-corrected chi connectivity index (χ2v) is 15.2. The van der Waals surface area contributed by atoms with E-state index in [1.54, 1.807) is 0 Å². The fraction of sp³-hybridized carbons (Fsp3) is 0.486. The van der Waals surface area contributed by atoms with Crippen molar-refractivity contribution in [2.75, 3.05) is 25.6 Å². The van der Waals surface area contributed by atoms with Gasteiger partial charge in [-0.25, -0.2) is 8.42 Å². The zero-order valence-corrected chi connectivity index (χ0v) is 28.6. The molecule has 3 atom stereocenters. The smallest absolute Gasteiger partial charge is 0.401 e. The molecule has 3 saturated heterocycles. The van der Waals surface area contributed by atoms with Crippen LogP contribution in [0.4, 0.5) is 13.2 Å². The maximum absolute atomic E-state index is 11.0. The lowest BCUT2D eigenvalue weighted by atomic mass is 10.2. The number of benzene rings is 3. The fourth-order valence-corrected chi connectivity index (χ4v) is 7.88. The summed E-state index contributed by atoms with van der Waals surface area (Å²) in [6, 6.07) is 25.4. The van der Waals surface area contributed by atoms with Gasteiger partial charge in [-0.15, -0.1) is 0 Å². The molecule has 0 N–H and O–H groups in total. The monoisotopic (exact) mass is 726 g/mol. The van der Waals surface area contributed by atoms with Crippen molar-refractivity contribution < 1.29 is 54.6 Å². The summed E-state index contributed by atoms with van der Waals surface area (Å²) in [6.45, 7) is 2.31. The molecule has 0 saturated carbocycles. The molecule has 268 valence electrons. The molecule has 0 bridgehead atoms. The lowest BCUT2D eigenvalue weighted by Crippen LogP contribution is -2.25. The molecule has 0 spiro atoms.